The van der Waals surface area contributed by atoms with Gasteiger partial charge in [0, 0.05) is 24.1 Å². The number of rotatable bonds is 5. The van der Waals surface area contributed by atoms with Gasteiger partial charge in [-0.3, -0.25) is 4.79 Å². The number of hydrogen-bond donors (Lipinski definition) is 1. The summed E-state index contributed by atoms with van der Waals surface area (Å²) in [7, 11) is 0. The number of carbonyl (C=O) groups excluding carboxylic acids is 1. The number of fused-ring (bicyclic) bond motifs is 1. The van der Waals surface area contributed by atoms with E-state index in [-0.39, 0.29) is 11.9 Å². The molecule has 1 aliphatic carbocycles. The molecule has 150 valence electrons. The largest absolute Gasteiger partial charge is 0.508 e. The lowest BCUT2D eigenvalue weighted by Crippen LogP contribution is -2.44. The van der Waals surface area contributed by atoms with E-state index in [1.54, 1.807) is 6.07 Å². The van der Waals surface area contributed by atoms with Crippen molar-refractivity contribution < 1.29 is 14.3 Å². The lowest BCUT2D eigenvalue weighted by atomic mass is 9.95. The summed E-state index contributed by atoms with van der Waals surface area (Å²) in [6, 6.07) is 13.3. The molecule has 0 unspecified atom stereocenters. The predicted octanol–water partition coefficient (Wildman–Crippen LogP) is 5.04. The summed E-state index contributed by atoms with van der Waals surface area (Å²) < 4.78 is 5.91. The van der Waals surface area contributed by atoms with Gasteiger partial charge in [0.15, 0.2) is 11.5 Å². The van der Waals surface area contributed by atoms with Crippen molar-refractivity contribution in [1.29, 1.82) is 0 Å². The minimum absolute atomic E-state index is 0.0804. The molecular weight excluding hydrogens is 364 g/mol. The zero-order valence-electron chi connectivity index (χ0n) is 16.5. The summed E-state index contributed by atoms with van der Waals surface area (Å²) >= 11 is 0. The van der Waals surface area contributed by atoms with Crippen LogP contribution in [-0.2, 0) is 6.42 Å². The quantitative estimate of drug-likeness (QED) is 0.663. The maximum atomic E-state index is 13.3. The first kappa shape index (κ1) is 18.2. The molecule has 1 aromatic heterocycles. The molecule has 0 bridgehead atoms. The van der Waals surface area contributed by atoms with Gasteiger partial charge in [0.1, 0.15) is 11.3 Å². The first-order valence-electron chi connectivity index (χ1n) is 10.7. The number of phenolic OH excluding ortho intramolecular Hbond substituents is 1. The number of aromatic nitrogens is 1. The van der Waals surface area contributed by atoms with Crippen LogP contribution in [0, 0.1) is 0 Å². The van der Waals surface area contributed by atoms with Crippen LogP contribution in [0.1, 0.15) is 66.3 Å². The minimum atomic E-state index is 0.0804. The second-order valence-corrected chi connectivity index (χ2v) is 8.37. The van der Waals surface area contributed by atoms with Crippen molar-refractivity contribution >= 4 is 17.0 Å². The third-order valence-corrected chi connectivity index (χ3v) is 6.14. The Bertz CT molecular complexity index is 1040. The number of oxazole rings is 1. The second kappa shape index (κ2) is 7.54. The number of likely N-dealkylation sites (tertiary alicyclic amines) is 1. The molecule has 1 saturated heterocycles. The van der Waals surface area contributed by atoms with Crippen LogP contribution in [0.2, 0.25) is 0 Å². The van der Waals surface area contributed by atoms with Crippen LogP contribution in [0.5, 0.6) is 5.75 Å². The van der Waals surface area contributed by atoms with E-state index in [0.29, 0.717) is 22.8 Å². The number of benzene rings is 2. The van der Waals surface area contributed by atoms with Gasteiger partial charge in [0.05, 0.1) is 0 Å². The van der Waals surface area contributed by atoms with Crippen LogP contribution >= 0.6 is 0 Å². The zero-order chi connectivity index (χ0) is 19.8. The topological polar surface area (TPSA) is 66.6 Å². The van der Waals surface area contributed by atoms with E-state index in [1.807, 2.05) is 41.3 Å². The van der Waals surface area contributed by atoms with Gasteiger partial charge in [0.25, 0.3) is 5.91 Å². The third kappa shape index (κ3) is 3.86. The van der Waals surface area contributed by atoms with Crippen LogP contribution in [0.25, 0.3) is 11.1 Å². The Balaban J connectivity index is 1.33. The van der Waals surface area contributed by atoms with E-state index in [2.05, 4.69) is 4.98 Å². The maximum Gasteiger partial charge on any atom is 0.254 e. The summed E-state index contributed by atoms with van der Waals surface area (Å²) in [5, 5.41) is 9.69. The summed E-state index contributed by atoms with van der Waals surface area (Å²) in [5.74, 6) is 1.65. The molecular formula is C24H26N2O3. The highest BCUT2D eigenvalue weighted by atomic mass is 16.3. The van der Waals surface area contributed by atoms with E-state index in [0.717, 1.165) is 68.5 Å². The van der Waals surface area contributed by atoms with Gasteiger partial charge in [-0.15, -0.1) is 0 Å². The summed E-state index contributed by atoms with van der Waals surface area (Å²) in [5.41, 5.74) is 3.34. The molecule has 29 heavy (non-hydrogen) atoms. The fourth-order valence-corrected chi connectivity index (χ4v) is 4.36. The second-order valence-electron chi connectivity index (χ2n) is 8.37. The van der Waals surface area contributed by atoms with E-state index >= 15 is 0 Å². The lowest BCUT2D eigenvalue weighted by molar-refractivity contribution is 0.0602. The van der Waals surface area contributed by atoms with Crippen molar-refractivity contribution in [3.05, 3.63) is 59.5 Å². The molecule has 2 aliphatic rings. The Morgan fingerprint density at radius 2 is 2.03 bits per heavy atom. The number of aryl methyl sites for hydroxylation is 1. The van der Waals surface area contributed by atoms with Crippen LogP contribution in [0.15, 0.2) is 46.9 Å². The van der Waals surface area contributed by atoms with Crippen LogP contribution in [0.4, 0.5) is 0 Å². The molecule has 1 amide bonds. The molecule has 1 saturated carbocycles. The Morgan fingerprint density at radius 1 is 1.14 bits per heavy atom. The van der Waals surface area contributed by atoms with Gasteiger partial charge in [-0.05, 0) is 80.8 Å². The van der Waals surface area contributed by atoms with Crippen molar-refractivity contribution in [3.63, 3.8) is 0 Å². The number of piperidine rings is 1. The van der Waals surface area contributed by atoms with E-state index in [1.165, 1.54) is 0 Å². The lowest BCUT2D eigenvalue weighted by Gasteiger charge is -2.36. The summed E-state index contributed by atoms with van der Waals surface area (Å²) in [4.78, 5) is 19.9. The average molecular weight is 390 g/mol. The van der Waals surface area contributed by atoms with Gasteiger partial charge in [-0.1, -0.05) is 12.1 Å². The fraction of sp³-hybridized carbons (Fsp3) is 0.417. The highest BCUT2D eigenvalue weighted by molar-refractivity contribution is 5.97. The van der Waals surface area contributed by atoms with Crippen molar-refractivity contribution in [2.45, 2.75) is 56.9 Å². The van der Waals surface area contributed by atoms with Crippen LogP contribution in [-0.4, -0.2) is 33.5 Å². The Kier molecular flexibility index (Phi) is 4.74. The van der Waals surface area contributed by atoms with Gasteiger partial charge in [-0.25, -0.2) is 4.98 Å². The van der Waals surface area contributed by atoms with Crippen molar-refractivity contribution in [3.8, 4) is 5.75 Å². The molecule has 2 heterocycles. The van der Waals surface area contributed by atoms with Gasteiger partial charge in [0.2, 0.25) is 0 Å². The number of amides is 1. The molecule has 1 atom stereocenters. The molecule has 5 heteroatoms. The van der Waals surface area contributed by atoms with Crippen LogP contribution < -0.4 is 0 Å². The molecule has 0 radical (unpaired) electrons. The van der Waals surface area contributed by atoms with E-state index < -0.39 is 0 Å². The molecule has 1 N–H and O–H groups in total. The first-order valence-corrected chi connectivity index (χ1v) is 10.7. The molecule has 2 aromatic carbocycles. The van der Waals surface area contributed by atoms with Crippen LogP contribution in [0.3, 0.4) is 0 Å². The minimum Gasteiger partial charge on any atom is -0.508 e. The Labute approximate surface area is 170 Å². The molecule has 5 nitrogen and oxygen atoms in total. The fourth-order valence-electron chi connectivity index (χ4n) is 4.36. The molecule has 1 aliphatic heterocycles. The smallest absolute Gasteiger partial charge is 0.254 e. The van der Waals surface area contributed by atoms with Gasteiger partial charge >= 0.3 is 0 Å². The number of carbonyl (C=O) groups is 1. The standard InChI is InChI=1S/C24H26N2O3/c27-20-6-3-4-16(14-20)7-11-19-5-1-2-13-26(19)24(28)18-10-12-21-22(15-18)29-23(25-21)17-8-9-17/h3-4,6,10,12,14-15,17,19,27H,1-2,5,7-9,11,13H2/t19-/m1/s1. The Morgan fingerprint density at radius 3 is 2.86 bits per heavy atom. The zero-order valence-corrected chi connectivity index (χ0v) is 16.5. The molecule has 3 aromatic rings. The molecule has 2 fully saturated rings. The van der Waals surface area contributed by atoms with Crippen molar-refractivity contribution in [1.82, 2.24) is 9.88 Å². The van der Waals surface area contributed by atoms with E-state index in [9.17, 15) is 9.90 Å². The maximum absolute atomic E-state index is 13.3. The molecule has 5 rings (SSSR count). The highest BCUT2D eigenvalue weighted by Crippen LogP contribution is 2.40. The van der Waals surface area contributed by atoms with Gasteiger partial charge in [-0.2, -0.15) is 0 Å². The third-order valence-electron chi connectivity index (χ3n) is 6.14. The van der Waals surface area contributed by atoms with E-state index in [4.69, 9.17) is 4.42 Å². The number of nitrogens with zero attached hydrogens (tertiary/aromatic N) is 2. The summed E-state index contributed by atoms with van der Waals surface area (Å²) in [6.07, 6.45) is 7.28. The normalized spacial score (nSPS) is 19.6. The van der Waals surface area contributed by atoms with Gasteiger partial charge < -0.3 is 14.4 Å². The predicted molar refractivity (Wildman–Crippen MR) is 111 cm³/mol. The average Bonchev–Trinajstić information content (AvgIpc) is 3.51. The summed E-state index contributed by atoms with van der Waals surface area (Å²) in [6.45, 7) is 0.797. The van der Waals surface area contributed by atoms with Crippen molar-refractivity contribution in [2.75, 3.05) is 6.54 Å². The molecule has 0 spiro atoms. The monoisotopic (exact) mass is 390 g/mol. The number of hydrogen-bond acceptors (Lipinski definition) is 4. The van der Waals surface area contributed by atoms with Crippen molar-refractivity contribution in [2.24, 2.45) is 0 Å². The highest BCUT2D eigenvalue weighted by Gasteiger charge is 2.30. The number of aromatic hydroxyl groups is 1. The Hall–Kier alpha value is -2.82. The number of phenols is 1. The first-order chi connectivity index (χ1) is 14.2. The SMILES string of the molecule is O=C(c1ccc2nc(C3CC3)oc2c1)N1CCCC[C@@H]1CCc1cccc(O)c1.